The Balaban J connectivity index is -0.000000429. The average Bonchev–Trinajstić information content (AvgIpc) is 3.86. The van der Waals surface area contributed by atoms with E-state index >= 15 is 0 Å². The summed E-state index contributed by atoms with van der Waals surface area (Å²) in [6.45, 7) is 17.6. The van der Waals surface area contributed by atoms with Gasteiger partial charge in [0.15, 0.2) is 0 Å². The topological polar surface area (TPSA) is 149 Å². The van der Waals surface area contributed by atoms with Crippen molar-refractivity contribution in [1.29, 1.82) is 0 Å². The fourth-order valence-corrected chi connectivity index (χ4v) is 6.90. The molecule has 1 saturated heterocycles. The van der Waals surface area contributed by atoms with Gasteiger partial charge in [-0.15, -0.1) is 11.6 Å². The number of halogens is 6. The molecule has 22 heteroatoms. The largest absolute Gasteiger partial charge is 1.00 e. The van der Waals surface area contributed by atoms with Crippen LogP contribution in [0.3, 0.4) is 0 Å². The van der Waals surface area contributed by atoms with E-state index in [0.717, 1.165) is 27.1 Å². The summed E-state index contributed by atoms with van der Waals surface area (Å²) in [4.78, 5) is 36.6. The molecule has 0 saturated carbocycles. The zero-order chi connectivity index (χ0) is 51.7. The monoisotopic (exact) mass is 1390 g/mol. The molecule has 0 aliphatic carbocycles. The standard InChI is InChI=1S/C18H28BNO4.C13H14ClN.C11H13BrO2.C6H4BrF3O.CH2O3.2Cs.Na.2H/c1-16(2,3)22-15(21)20-12-13-8-10-14(11-9-13)19-23-17(4,5)18(6,7)24-19;1-15(2)13-8-7-10(9-14)11-5-3-4-6-12(11)13;1-11(2,10(13)14-3)8-5-4-6-9(12)7-8;7-3-4-1-2-5(11-4)6(8,9)10;2-1-4-3;;;;;/h8-11H,12H2,1-7H3,(H,20,21);3-8H,9H2,1-2H3;4-7H,1-3H3;1-2H,3H2;1,3H;;;;;/q;;;;;3*+1;2*-1/p-1. The molecule has 0 radical (unpaired) electrons. The van der Waals surface area contributed by atoms with Crippen LogP contribution in [0.4, 0.5) is 23.7 Å². The molecule has 4 aromatic carbocycles. The SMILES string of the molecule is CC(C)(C)OC(=O)NCc1ccc(B2OC(C)(C)C(C)(C)O2)cc1.CN(C)c1ccc(CCl)c2ccccc12.COC(=O)C(C)(C)c1cccc(Br)c1.FC(F)(F)c1ccc(CBr)o1.O=CO[O-].[Cs+].[Cs+].[H-].[H-].[Na+]. The molecule has 12 nitrogen and oxygen atoms in total. The number of carbonyl (C=O) groups excluding carboxylic acids is 3. The van der Waals surface area contributed by atoms with Gasteiger partial charge >= 0.3 is 193 Å². The van der Waals surface area contributed by atoms with Crippen LogP contribution in [0.5, 0.6) is 0 Å². The fourth-order valence-electron chi connectivity index (χ4n) is 5.96. The third kappa shape index (κ3) is 24.8. The van der Waals surface area contributed by atoms with E-state index in [-0.39, 0.29) is 207 Å². The summed E-state index contributed by atoms with van der Waals surface area (Å²) in [6.07, 6.45) is -4.79. The number of carbonyl (C=O) groups is 3. The number of amides is 1. The number of hydrogen-bond acceptors (Lipinski definition) is 11. The summed E-state index contributed by atoms with van der Waals surface area (Å²) in [6, 6.07) is 30.3. The average molecular weight is 1390 g/mol. The number of alkyl carbamates (subject to hydrolysis) is 1. The zero-order valence-electron chi connectivity index (χ0n) is 45.3. The van der Waals surface area contributed by atoms with Crippen molar-refractivity contribution in [2.24, 2.45) is 0 Å². The maximum Gasteiger partial charge on any atom is 1.00 e. The molecule has 1 N–H and O–H groups in total. The Labute approximate surface area is 581 Å². The molecule has 1 aliphatic heterocycles. The minimum atomic E-state index is -4.37. The molecule has 2 heterocycles. The first-order valence-electron chi connectivity index (χ1n) is 21.0. The van der Waals surface area contributed by atoms with Crippen molar-refractivity contribution < 1.29 is 231 Å². The van der Waals surface area contributed by atoms with Gasteiger partial charge in [-0.2, -0.15) is 13.2 Å². The van der Waals surface area contributed by atoms with Crippen molar-refractivity contribution in [3.05, 3.63) is 130 Å². The van der Waals surface area contributed by atoms with Crippen molar-refractivity contribution in [1.82, 2.24) is 5.32 Å². The minimum Gasteiger partial charge on any atom is -1.00 e. The maximum absolute atomic E-state index is 11.8. The van der Waals surface area contributed by atoms with Gasteiger partial charge in [0, 0.05) is 42.1 Å². The molecule has 5 aromatic rings. The van der Waals surface area contributed by atoms with Gasteiger partial charge in [0.05, 0.1) is 29.1 Å². The number of benzene rings is 4. The van der Waals surface area contributed by atoms with E-state index < -0.39 is 29.0 Å². The summed E-state index contributed by atoms with van der Waals surface area (Å²) in [5.41, 5.74) is 3.53. The minimum absolute atomic E-state index is 0. The molecule has 6 rings (SSSR count). The number of hydrogen-bond donors (Lipinski definition) is 1. The van der Waals surface area contributed by atoms with Crippen LogP contribution in [-0.4, -0.2) is 63.7 Å². The van der Waals surface area contributed by atoms with Crippen molar-refractivity contribution in [3.63, 3.8) is 0 Å². The van der Waals surface area contributed by atoms with Crippen LogP contribution in [0, 0.1) is 0 Å². The van der Waals surface area contributed by atoms with Crippen LogP contribution in [-0.2, 0) is 62.6 Å². The van der Waals surface area contributed by atoms with Crippen molar-refractivity contribution in [2.45, 2.75) is 108 Å². The second-order valence-corrected chi connectivity index (χ2v) is 19.5. The number of ether oxygens (including phenoxy) is 2. The van der Waals surface area contributed by atoms with Crippen molar-refractivity contribution >= 4 is 91.0 Å². The number of furan rings is 1. The molecule has 0 unspecified atom stereocenters. The number of alkyl halides is 5. The van der Waals surface area contributed by atoms with Crippen molar-refractivity contribution in [3.8, 4) is 0 Å². The first kappa shape index (κ1) is 73.6. The number of rotatable bonds is 9. The molecule has 1 aliphatic rings. The molecule has 71 heavy (non-hydrogen) atoms. The number of methoxy groups -OCH3 is 1. The molecule has 376 valence electrons. The summed E-state index contributed by atoms with van der Waals surface area (Å²) in [5, 5.41) is 14.0. The summed E-state index contributed by atoms with van der Waals surface area (Å²) < 4.78 is 62.9. The van der Waals surface area contributed by atoms with E-state index in [1.54, 1.807) is 0 Å². The number of nitrogens with zero attached hydrogens (tertiary/aromatic N) is 1. The molecule has 0 spiro atoms. The van der Waals surface area contributed by atoms with Gasteiger partial charge in [-0.05, 0) is 120 Å². The molecular weight excluding hydrogens is 1330 g/mol. The van der Waals surface area contributed by atoms with Crippen LogP contribution in [0.25, 0.3) is 10.8 Å². The second-order valence-electron chi connectivity index (χ2n) is 17.7. The molecule has 0 atom stereocenters. The number of nitrogens with one attached hydrogen (secondary N) is 1. The summed E-state index contributed by atoms with van der Waals surface area (Å²) >= 11 is 12.3. The van der Waals surface area contributed by atoms with E-state index in [0.29, 0.717) is 17.8 Å². The molecule has 1 amide bonds. The number of esters is 1. The fraction of sp³-hybridized carbons (Fsp3) is 0.408. The molecule has 1 aromatic heterocycles. The Morgan fingerprint density at radius 2 is 1.42 bits per heavy atom. The first-order chi connectivity index (χ1) is 31.6. The zero-order valence-corrected chi connectivity index (χ0v) is 61.8. The Bertz CT molecular complexity index is 2390. The van der Waals surface area contributed by atoms with E-state index in [1.165, 1.54) is 35.2 Å². The van der Waals surface area contributed by atoms with Gasteiger partial charge < -0.3 is 46.4 Å². The summed E-state index contributed by atoms with van der Waals surface area (Å²) in [7, 11) is 5.15. The number of fused-ring (bicyclic) bond motifs is 1. The van der Waals surface area contributed by atoms with E-state index in [2.05, 4.69) is 102 Å². The van der Waals surface area contributed by atoms with Gasteiger partial charge in [0.2, 0.25) is 5.76 Å². The van der Waals surface area contributed by atoms with E-state index in [4.69, 9.17) is 40.4 Å². The Kier molecular flexibility index (Phi) is 35.7. The quantitative estimate of drug-likeness (QED) is 0.0580. The van der Waals surface area contributed by atoms with Crippen LogP contribution in [0.15, 0.2) is 106 Å². The maximum atomic E-state index is 11.8. The predicted octanol–water partition coefficient (Wildman–Crippen LogP) is 2.42. The Morgan fingerprint density at radius 1 is 0.873 bits per heavy atom. The number of anilines is 1. The Hall–Kier alpha value is 0.519. The van der Waals surface area contributed by atoms with Gasteiger partial charge in [-0.3, -0.25) is 9.59 Å². The van der Waals surface area contributed by atoms with Crippen LogP contribution in [0.2, 0.25) is 0 Å². The molecule has 0 bridgehead atoms. The van der Waals surface area contributed by atoms with Gasteiger partial charge in [0.25, 0.3) is 6.47 Å². The third-order valence-corrected chi connectivity index (χ3v) is 11.6. The van der Waals surface area contributed by atoms with Gasteiger partial charge in [-0.25, -0.2) is 4.79 Å². The van der Waals surface area contributed by atoms with E-state index in [1.807, 2.05) is 111 Å². The van der Waals surface area contributed by atoms with Crippen LogP contribution < -0.4 is 188 Å². The third-order valence-electron chi connectivity index (χ3n) is 10.3. The van der Waals surface area contributed by atoms with Crippen molar-refractivity contribution in [2.75, 3.05) is 26.1 Å². The predicted molar refractivity (Wildman–Crippen MR) is 268 cm³/mol. The van der Waals surface area contributed by atoms with Crippen LogP contribution in [0.1, 0.15) is 93.4 Å². The smallest absolute Gasteiger partial charge is 1.00 e. The summed E-state index contributed by atoms with van der Waals surface area (Å²) in [5.74, 6) is -0.339. The van der Waals surface area contributed by atoms with Crippen LogP contribution >= 0.6 is 43.5 Å². The normalized spacial score (nSPS) is 13.1. The second kappa shape index (κ2) is 34.4. The Morgan fingerprint density at radius 3 is 1.85 bits per heavy atom. The first-order valence-corrected chi connectivity index (χ1v) is 23.5. The van der Waals surface area contributed by atoms with Gasteiger partial charge in [0.1, 0.15) is 11.4 Å². The molecule has 1 fully saturated rings. The van der Waals surface area contributed by atoms with E-state index in [9.17, 15) is 22.8 Å². The molecular formula is C49H62BBr2ClCs2F3N2NaO10. The van der Waals surface area contributed by atoms with Gasteiger partial charge in [-0.1, -0.05) is 98.6 Å².